The summed E-state index contributed by atoms with van der Waals surface area (Å²) in [5, 5.41) is 0. The number of nitrogens with two attached hydrogens (primary N) is 1. The van der Waals surface area contributed by atoms with Gasteiger partial charge in [-0.25, -0.2) is 0 Å². The van der Waals surface area contributed by atoms with E-state index in [-0.39, 0.29) is 0 Å². The third-order valence-electron chi connectivity index (χ3n) is 6.14. The van der Waals surface area contributed by atoms with E-state index >= 15 is 0 Å². The lowest BCUT2D eigenvalue weighted by molar-refractivity contribution is -0.0285. The van der Waals surface area contributed by atoms with Gasteiger partial charge in [-0.3, -0.25) is 0 Å². The lowest BCUT2D eigenvalue weighted by Crippen LogP contribution is -2.15. The molecule has 0 aliphatic carbocycles. The number of para-hydroxylation sites is 2. The molecule has 0 spiro atoms. The maximum absolute atomic E-state index is 5.82. The van der Waals surface area contributed by atoms with Crippen LogP contribution in [0, 0.1) is 0 Å². The Balaban J connectivity index is 1.62. The van der Waals surface area contributed by atoms with Crippen LogP contribution in [0.25, 0.3) is 0 Å². The summed E-state index contributed by atoms with van der Waals surface area (Å²) in [4.78, 5) is 0. The molecule has 0 bridgehead atoms. The molecule has 282 valence electrons. The third kappa shape index (κ3) is 32.9. The summed E-state index contributed by atoms with van der Waals surface area (Å²) in [5.41, 5.74) is 6.44. The van der Waals surface area contributed by atoms with Crippen LogP contribution >= 0.6 is 0 Å². The van der Waals surface area contributed by atoms with Crippen LogP contribution in [0.2, 0.25) is 0 Å². The standard InChI is InChI=1S/C34H63NO13/c1-2-3-8-36-9-10-37-11-12-38-13-14-39-15-16-40-17-18-41-19-20-42-21-22-43-23-24-44-25-26-45-27-28-46-29-30-47-31-32-48-34-7-5-4-6-33(34)35/h4-7H,2-3,8-32,35H2,1H3. The van der Waals surface area contributed by atoms with Crippen molar-refractivity contribution < 1.29 is 61.6 Å². The van der Waals surface area contributed by atoms with Crippen molar-refractivity contribution in [2.75, 3.05) is 171 Å². The summed E-state index contributed by atoms with van der Waals surface area (Å²) >= 11 is 0. The molecule has 14 heteroatoms. The Hall–Kier alpha value is -1.66. The highest BCUT2D eigenvalue weighted by Gasteiger charge is 1.99. The Kier molecular flexibility index (Phi) is 35.3. The van der Waals surface area contributed by atoms with Crippen LogP contribution < -0.4 is 10.5 Å². The van der Waals surface area contributed by atoms with Crippen LogP contribution in [-0.2, 0) is 56.8 Å². The normalized spacial score (nSPS) is 11.4. The van der Waals surface area contributed by atoms with Crippen LogP contribution in [0.15, 0.2) is 24.3 Å². The molecule has 0 saturated carbocycles. The fraction of sp³-hybridized carbons (Fsp3) is 0.824. The SMILES string of the molecule is CCCCOCCOCCOCCOCCOCCOCCOCCOCCOCCOCCOCCOCCOc1ccccc1N. The van der Waals surface area contributed by atoms with Gasteiger partial charge in [-0.1, -0.05) is 25.5 Å². The van der Waals surface area contributed by atoms with Crippen molar-refractivity contribution in [2.45, 2.75) is 19.8 Å². The van der Waals surface area contributed by atoms with Crippen molar-refractivity contribution >= 4 is 5.69 Å². The fourth-order valence-corrected chi connectivity index (χ4v) is 3.59. The van der Waals surface area contributed by atoms with E-state index in [0.717, 1.165) is 19.4 Å². The molecule has 1 aromatic carbocycles. The monoisotopic (exact) mass is 693 g/mol. The molecule has 14 nitrogen and oxygen atoms in total. The van der Waals surface area contributed by atoms with Crippen molar-refractivity contribution in [3.8, 4) is 5.75 Å². The van der Waals surface area contributed by atoms with Crippen LogP contribution in [0.5, 0.6) is 5.75 Å². The van der Waals surface area contributed by atoms with E-state index in [0.29, 0.717) is 170 Å². The maximum atomic E-state index is 5.82. The van der Waals surface area contributed by atoms with Gasteiger partial charge in [0.2, 0.25) is 0 Å². The van der Waals surface area contributed by atoms with Gasteiger partial charge >= 0.3 is 0 Å². The van der Waals surface area contributed by atoms with Crippen molar-refractivity contribution in [3.05, 3.63) is 24.3 Å². The summed E-state index contributed by atoms with van der Waals surface area (Å²) in [6.07, 6.45) is 2.24. The van der Waals surface area contributed by atoms with Crippen LogP contribution in [0.3, 0.4) is 0 Å². The van der Waals surface area contributed by atoms with Gasteiger partial charge < -0.3 is 67.3 Å². The fourth-order valence-electron chi connectivity index (χ4n) is 3.59. The first kappa shape index (κ1) is 44.4. The third-order valence-corrected chi connectivity index (χ3v) is 6.14. The molecule has 0 amide bonds. The van der Waals surface area contributed by atoms with Gasteiger partial charge in [0.1, 0.15) is 12.4 Å². The van der Waals surface area contributed by atoms with E-state index in [2.05, 4.69) is 6.92 Å². The quantitative estimate of drug-likeness (QED) is 0.0794. The highest BCUT2D eigenvalue weighted by atomic mass is 16.6. The van der Waals surface area contributed by atoms with Crippen LogP contribution in [-0.4, -0.2) is 165 Å². The Labute approximate surface area is 287 Å². The van der Waals surface area contributed by atoms with Crippen molar-refractivity contribution in [1.29, 1.82) is 0 Å². The van der Waals surface area contributed by atoms with Gasteiger partial charge in [0.25, 0.3) is 0 Å². The van der Waals surface area contributed by atoms with Crippen LogP contribution in [0.1, 0.15) is 19.8 Å². The molecular formula is C34H63NO13. The molecule has 48 heavy (non-hydrogen) atoms. The number of rotatable bonds is 40. The van der Waals surface area contributed by atoms with Crippen molar-refractivity contribution in [2.24, 2.45) is 0 Å². The first-order chi connectivity index (χ1) is 23.8. The molecule has 0 aliphatic heterocycles. The zero-order chi connectivity index (χ0) is 34.3. The Bertz CT molecular complexity index is 766. The van der Waals surface area contributed by atoms with E-state index in [1.807, 2.05) is 18.2 Å². The van der Waals surface area contributed by atoms with Crippen molar-refractivity contribution in [1.82, 2.24) is 0 Å². The average molecular weight is 694 g/mol. The molecule has 0 unspecified atom stereocenters. The van der Waals surface area contributed by atoms with E-state index in [1.54, 1.807) is 6.07 Å². The lowest BCUT2D eigenvalue weighted by Gasteiger charge is -2.10. The first-order valence-corrected chi connectivity index (χ1v) is 17.2. The number of nitrogen functional groups attached to an aromatic ring is 1. The molecule has 0 heterocycles. The molecule has 0 aliphatic rings. The first-order valence-electron chi connectivity index (χ1n) is 17.2. The van der Waals surface area contributed by atoms with Gasteiger partial charge in [0.05, 0.1) is 158 Å². The van der Waals surface area contributed by atoms with E-state index in [1.165, 1.54) is 0 Å². The number of anilines is 1. The highest BCUT2D eigenvalue weighted by Crippen LogP contribution is 2.19. The molecule has 2 N–H and O–H groups in total. The minimum absolute atomic E-state index is 0.438. The molecule has 0 fully saturated rings. The molecule has 0 aromatic heterocycles. The number of benzene rings is 1. The topological polar surface area (TPSA) is 146 Å². The number of hydrogen-bond acceptors (Lipinski definition) is 14. The Morgan fingerprint density at radius 3 is 0.875 bits per heavy atom. The zero-order valence-electron chi connectivity index (χ0n) is 29.3. The van der Waals surface area contributed by atoms with Gasteiger partial charge in [-0.05, 0) is 18.6 Å². The second-order valence-electron chi connectivity index (χ2n) is 10.1. The predicted octanol–water partition coefficient (Wildman–Crippen LogP) is 2.65. The average Bonchev–Trinajstić information content (AvgIpc) is 3.10. The molecular weight excluding hydrogens is 630 g/mol. The van der Waals surface area contributed by atoms with Gasteiger partial charge in [0.15, 0.2) is 0 Å². The molecule has 0 radical (unpaired) electrons. The summed E-state index contributed by atoms with van der Waals surface area (Å²) in [7, 11) is 0. The number of hydrogen-bond donors (Lipinski definition) is 1. The summed E-state index contributed by atoms with van der Waals surface area (Å²) in [5.74, 6) is 0.668. The van der Waals surface area contributed by atoms with Gasteiger partial charge in [-0.2, -0.15) is 0 Å². The molecule has 0 atom stereocenters. The van der Waals surface area contributed by atoms with Crippen molar-refractivity contribution in [3.63, 3.8) is 0 Å². The molecule has 1 aromatic rings. The van der Waals surface area contributed by atoms with E-state index in [9.17, 15) is 0 Å². The second kappa shape index (κ2) is 38.1. The number of ether oxygens (including phenoxy) is 13. The Morgan fingerprint density at radius 2 is 0.604 bits per heavy atom. The highest BCUT2D eigenvalue weighted by molar-refractivity contribution is 5.51. The largest absolute Gasteiger partial charge is 0.489 e. The Morgan fingerprint density at radius 1 is 0.354 bits per heavy atom. The molecule has 0 saturated heterocycles. The minimum atomic E-state index is 0.438. The smallest absolute Gasteiger partial charge is 0.142 e. The summed E-state index contributed by atoms with van der Waals surface area (Å²) < 4.78 is 71.2. The minimum Gasteiger partial charge on any atom is -0.489 e. The maximum Gasteiger partial charge on any atom is 0.142 e. The second-order valence-corrected chi connectivity index (χ2v) is 10.1. The predicted molar refractivity (Wildman–Crippen MR) is 181 cm³/mol. The summed E-state index contributed by atoms with van der Waals surface area (Å²) in [6, 6.07) is 7.38. The van der Waals surface area contributed by atoms with Crippen LogP contribution in [0.4, 0.5) is 5.69 Å². The summed E-state index contributed by atoms with van der Waals surface area (Å²) in [6.45, 7) is 15.4. The lowest BCUT2D eigenvalue weighted by atomic mass is 10.3. The van der Waals surface area contributed by atoms with E-state index in [4.69, 9.17) is 67.3 Å². The molecule has 1 rings (SSSR count). The van der Waals surface area contributed by atoms with Gasteiger partial charge in [0, 0.05) is 6.61 Å². The van der Waals surface area contributed by atoms with Gasteiger partial charge in [-0.15, -0.1) is 0 Å². The number of unbranched alkanes of at least 4 members (excludes halogenated alkanes) is 1. The zero-order valence-corrected chi connectivity index (χ0v) is 29.3. The van der Waals surface area contributed by atoms with E-state index < -0.39 is 0 Å².